The van der Waals surface area contributed by atoms with Gasteiger partial charge in [-0.25, -0.2) is 0 Å². The number of para-hydroxylation sites is 1. The van der Waals surface area contributed by atoms with Crippen LogP contribution in [0.2, 0.25) is 0 Å². The Morgan fingerprint density at radius 3 is 2.76 bits per heavy atom. The van der Waals surface area contributed by atoms with E-state index >= 15 is 0 Å². The zero-order valence-corrected chi connectivity index (χ0v) is 13.2. The van der Waals surface area contributed by atoms with Crippen molar-refractivity contribution in [2.75, 3.05) is 12.3 Å². The van der Waals surface area contributed by atoms with Crippen molar-refractivity contribution in [2.24, 2.45) is 11.8 Å². The van der Waals surface area contributed by atoms with Gasteiger partial charge in [-0.15, -0.1) is 0 Å². The lowest BCUT2D eigenvalue weighted by Gasteiger charge is -2.32. The third-order valence-electron chi connectivity index (χ3n) is 4.51. The smallest absolute Gasteiger partial charge is 0.255 e. The summed E-state index contributed by atoms with van der Waals surface area (Å²) in [6, 6.07) is 5.57. The van der Waals surface area contributed by atoms with Gasteiger partial charge in [-0.2, -0.15) is 0 Å². The van der Waals surface area contributed by atoms with Crippen LogP contribution >= 0.6 is 0 Å². The van der Waals surface area contributed by atoms with Gasteiger partial charge in [0, 0.05) is 6.04 Å². The second-order valence-electron chi connectivity index (χ2n) is 6.09. The minimum atomic E-state index is -0.0856. The van der Waals surface area contributed by atoms with Crippen LogP contribution in [0.3, 0.4) is 0 Å². The summed E-state index contributed by atoms with van der Waals surface area (Å²) in [5.41, 5.74) is 6.95. The number of nitrogens with two attached hydrogens (primary N) is 1. The van der Waals surface area contributed by atoms with Crippen molar-refractivity contribution >= 4 is 11.6 Å². The molecule has 21 heavy (non-hydrogen) atoms. The van der Waals surface area contributed by atoms with Gasteiger partial charge >= 0.3 is 0 Å². The number of hydrogen-bond acceptors (Lipinski definition) is 3. The van der Waals surface area contributed by atoms with Gasteiger partial charge in [-0.3, -0.25) is 4.79 Å². The number of benzene rings is 1. The Labute approximate surface area is 127 Å². The van der Waals surface area contributed by atoms with Crippen LogP contribution in [0.4, 0.5) is 5.69 Å². The van der Waals surface area contributed by atoms with E-state index in [-0.39, 0.29) is 11.9 Å². The number of nitrogen functional groups attached to an aromatic ring is 1. The van der Waals surface area contributed by atoms with E-state index in [9.17, 15) is 4.79 Å². The molecule has 1 aliphatic carbocycles. The molecule has 4 nitrogen and oxygen atoms in total. The SMILES string of the molecule is CCOc1c(N)cccc1C(=O)NC1CCC(C)C(C)C1. The molecule has 116 valence electrons. The molecule has 1 aromatic carbocycles. The number of hydrogen-bond donors (Lipinski definition) is 2. The highest BCUT2D eigenvalue weighted by Crippen LogP contribution is 2.30. The molecule has 0 aliphatic heterocycles. The molecule has 3 atom stereocenters. The lowest BCUT2D eigenvalue weighted by Crippen LogP contribution is -2.40. The molecule has 1 fully saturated rings. The van der Waals surface area contributed by atoms with Gasteiger partial charge < -0.3 is 15.8 Å². The first-order valence-corrected chi connectivity index (χ1v) is 7.85. The first-order chi connectivity index (χ1) is 10.0. The lowest BCUT2D eigenvalue weighted by atomic mass is 9.79. The van der Waals surface area contributed by atoms with Crippen LogP contribution in [0.25, 0.3) is 0 Å². The Morgan fingerprint density at radius 1 is 1.33 bits per heavy atom. The number of ether oxygens (including phenoxy) is 1. The Hall–Kier alpha value is -1.71. The number of nitrogens with one attached hydrogen (secondary N) is 1. The summed E-state index contributed by atoms with van der Waals surface area (Å²) in [5, 5.41) is 3.14. The summed E-state index contributed by atoms with van der Waals surface area (Å²) in [4.78, 5) is 12.5. The minimum absolute atomic E-state index is 0.0856. The van der Waals surface area contributed by atoms with Gasteiger partial charge in [0.05, 0.1) is 17.9 Å². The maximum absolute atomic E-state index is 12.5. The topological polar surface area (TPSA) is 64.3 Å². The van der Waals surface area contributed by atoms with Crippen molar-refractivity contribution in [2.45, 2.75) is 46.1 Å². The Balaban J connectivity index is 2.08. The van der Waals surface area contributed by atoms with Crippen LogP contribution < -0.4 is 15.8 Å². The quantitative estimate of drug-likeness (QED) is 0.837. The highest BCUT2D eigenvalue weighted by atomic mass is 16.5. The van der Waals surface area contributed by atoms with Crippen molar-refractivity contribution in [1.82, 2.24) is 5.32 Å². The monoisotopic (exact) mass is 290 g/mol. The number of amides is 1. The zero-order chi connectivity index (χ0) is 15.4. The molecule has 2 rings (SSSR count). The van der Waals surface area contributed by atoms with Gasteiger partial charge in [0.1, 0.15) is 0 Å². The molecular formula is C17H26N2O2. The standard InChI is InChI=1S/C17H26N2O2/c1-4-21-16-14(6-5-7-15(16)18)17(20)19-13-9-8-11(2)12(3)10-13/h5-7,11-13H,4,8-10,18H2,1-3H3,(H,19,20). The Kier molecular flexibility index (Phi) is 5.10. The summed E-state index contributed by atoms with van der Waals surface area (Å²) in [7, 11) is 0. The van der Waals surface area contributed by atoms with E-state index in [1.165, 1.54) is 6.42 Å². The number of anilines is 1. The van der Waals surface area contributed by atoms with E-state index in [2.05, 4.69) is 19.2 Å². The number of carbonyl (C=O) groups is 1. The summed E-state index contributed by atoms with van der Waals surface area (Å²) in [5.74, 6) is 1.80. The Bertz CT molecular complexity index is 502. The molecular weight excluding hydrogens is 264 g/mol. The third kappa shape index (κ3) is 3.69. The fraction of sp³-hybridized carbons (Fsp3) is 0.588. The van der Waals surface area contributed by atoms with Gasteiger partial charge in [0.2, 0.25) is 0 Å². The molecule has 3 unspecified atom stereocenters. The third-order valence-corrected chi connectivity index (χ3v) is 4.51. The molecule has 0 saturated heterocycles. The number of rotatable bonds is 4. The van der Waals surface area contributed by atoms with Crippen molar-refractivity contribution < 1.29 is 9.53 Å². The van der Waals surface area contributed by atoms with Gasteiger partial charge in [-0.1, -0.05) is 19.9 Å². The molecule has 0 radical (unpaired) electrons. The first-order valence-electron chi connectivity index (χ1n) is 7.85. The van der Waals surface area contributed by atoms with Crippen molar-refractivity contribution in [1.29, 1.82) is 0 Å². The lowest BCUT2D eigenvalue weighted by molar-refractivity contribution is 0.0907. The van der Waals surface area contributed by atoms with Crippen LogP contribution in [0, 0.1) is 11.8 Å². The molecule has 1 aliphatic rings. The normalized spacial score (nSPS) is 25.4. The summed E-state index contributed by atoms with van der Waals surface area (Å²) < 4.78 is 5.53. The zero-order valence-electron chi connectivity index (χ0n) is 13.2. The molecule has 0 heterocycles. The molecule has 1 saturated carbocycles. The van der Waals surface area contributed by atoms with E-state index in [0.29, 0.717) is 29.5 Å². The highest BCUT2D eigenvalue weighted by Gasteiger charge is 2.26. The van der Waals surface area contributed by atoms with E-state index in [0.717, 1.165) is 18.8 Å². The predicted molar refractivity (Wildman–Crippen MR) is 85.5 cm³/mol. The molecule has 1 amide bonds. The average molecular weight is 290 g/mol. The van der Waals surface area contributed by atoms with Gasteiger partial charge in [0.25, 0.3) is 5.91 Å². The van der Waals surface area contributed by atoms with Gasteiger partial charge in [0.15, 0.2) is 5.75 Å². The predicted octanol–water partition coefficient (Wildman–Crippen LogP) is 3.22. The van der Waals surface area contributed by atoms with Crippen molar-refractivity contribution in [3.8, 4) is 5.75 Å². The molecule has 4 heteroatoms. The number of carbonyl (C=O) groups excluding carboxylic acids is 1. The fourth-order valence-electron chi connectivity index (χ4n) is 2.98. The summed E-state index contributed by atoms with van der Waals surface area (Å²) >= 11 is 0. The van der Waals surface area contributed by atoms with E-state index in [4.69, 9.17) is 10.5 Å². The average Bonchev–Trinajstić information content (AvgIpc) is 2.45. The van der Waals surface area contributed by atoms with Crippen LogP contribution in [0.15, 0.2) is 18.2 Å². The van der Waals surface area contributed by atoms with Crippen LogP contribution in [0.1, 0.15) is 50.4 Å². The largest absolute Gasteiger partial charge is 0.491 e. The van der Waals surface area contributed by atoms with Crippen LogP contribution in [-0.2, 0) is 0 Å². The van der Waals surface area contributed by atoms with Crippen LogP contribution in [-0.4, -0.2) is 18.6 Å². The molecule has 0 bridgehead atoms. The molecule has 3 N–H and O–H groups in total. The van der Waals surface area contributed by atoms with Gasteiger partial charge in [-0.05, 0) is 50.2 Å². The maximum Gasteiger partial charge on any atom is 0.255 e. The molecule has 0 spiro atoms. The van der Waals surface area contributed by atoms with Crippen LogP contribution in [0.5, 0.6) is 5.75 Å². The fourth-order valence-corrected chi connectivity index (χ4v) is 2.98. The minimum Gasteiger partial charge on any atom is -0.491 e. The Morgan fingerprint density at radius 2 is 2.10 bits per heavy atom. The summed E-state index contributed by atoms with van der Waals surface area (Å²) in [6.07, 6.45) is 3.25. The van der Waals surface area contributed by atoms with Crippen molar-refractivity contribution in [3.63, 3.8) is 0 Å². The van der Waals surface area contributed by atoms with E-state index < -0.39 is 0 Å². The van der Waals surface area contributed by atoms with E-state index in [1.54, 1.807) is 18.2 Å². The maximum atomic E-state index is 12.5. The van der Waals surface area contributed by atoms with E-state index in [1.807, 2.05) is 6.92 Å². The van der Waals surface area contributed by atoms with Crippen molar-refractivity contribution in [3.05, 3.63) is 23.8 Å². The molecule has 0 aromatic heterocycles. The second-order valence-corrected chi connectivity index (χ2v) is 6.09. The highest BCUT2D eigenvalue weighted by molar-refractivity contribution is 5.98. The first kappa shape index (κ1) is 15.7. The second kappa shape index (κ2) is 6.83. The summed E-state index contributed by atoms with van der Waals surface area (Å²) in [6.45, 7) is 6.92. The molecule has 1 aromatic rings.